The fraction of sp³-hybridized carbons (Fsp3) is 0.360. The van der Waals surface area contributed by atoms with E-state index in [0.29, 0.717) is 17.1 Å². The third-order valence-electron chi connectivity index (χ3n) is 5.05. The van der Waals surface area contributed by atoms with Gasteiger partial charge in [-0.3, -0.25) is 9.59 Å². The molecule has 158 valence electrons. The van der Waals surface area contributed by atoms with Gasteiger partial charge in [0.1, 0.15) is 6.04 Å². The molecule has 0 saturated carbocycles. The summed E-state index contributed by atoms with van der Waals surface area (Å²) >= 11 is 6.11. The number of hydrogen-bond acceptors (Lipinski definition) is 2. The van der Waals surface area contributed by atoms with E-state index >= 15 is 0 Å². The molecule has 5 heteroatoms. The smallest absolute Gasteiger partial charge is 0.255 e. The van der Waals surface area contributed by atoms with Crippen molar-refractivity contribution in [1.29, 1.82) is 0 Å². The van der Waals surface area contributed by atoms with Gasteiger partial charge in [-0.05, 0) is 68.2 Å². The first-order valence-corrected chi connectivity index (χ1v) is 10.8. The van der Waals surface area contributed by atoms with Gasteiger partial charge in [0, 0.05) is 22.7 Å². The predicted molar refractivity (Wildman–Crippen MR) is 123 cm³/mol. The van der Waals surface area contributed by atoms with Crippen LogP contribution in [0, 0.1) is 0 Å². The van der Waals surface area contributed by atoms with E-state index in [1.54, 1.807) is 4.90 Å². The maximum atomic E-state index is 13.5. The number of amides is 2. The number of nitrogens with zero attached hydrogens (tertiary/aromatic N) is 1. The van der Waals surface area contributed by atoms with Crippen molar-refractivity contribution in [2.45, 2.75) is 52.1 Å². The Labute approximate surface area is 183 Å². The third-order valence-corrected chi connectivity index (χ3v) is 5.30. The van der Waals surface area contributed by atoms with Crippen LogP contribution in [0.2, 0.25) is 5.02 Å². The van der Waals surface area contributed by atoms with Crippen LogP contribution < -0.4 is 5.32 Å². The number of halogens is 1. The second kappa shape index (κ2) is 9.05. The van der Waals surface area contributed by atoms with E-state index in [4.69, 9.17) is 11.6 Å². The lowest BCUT2D eigenvalue weighted by atomic mass is 9.94. The Kier molecular flexibility index (Phi) is 6.67. The van der Waals surface area contributed by atoms with Crippen molar-refractivity contribution in [3.8, 4) is 0 Å². The maximum absolute atomic E-state index is 13.5. The van der Waals surface area contributed by atoms with Crippen molar-refractivity contribution in [2.75, 3.05) is 6.54 Å². The highest BCUT2D eigenvalue weighted by Gasteiger charge is 2.37. The zero-order valence-corrected chi connectivity index (χ0v) is 18.8. The molecule has 2 amide bonds. The Morgan fingerprint density at radius 1 is 1.10 bits per heavy atom. The molecule has 2 aromatic carbocycles. The molecule has 1 aliphatic heterocycles. The number of benzene rings is 2. The molecule has 0 fully saturated rings. The Hall–Kier alpha value is -2.59. The van der Waals surface area contributed by atoms with Gasteiger partial charge >= 0.3 is 0 Å². The monoisotopic (exact) mass is 424 g/mol. The van der Waals surface area contributed by atoms with Gasteiger partial charge in [0.25, 0.3) is 5.91 Å². The number of hydrogen-bond donors (Lipinski definition) is 1. The zero-order valence-electron chi connectivity index (χ0n) is 18.0. The summed E-state index contributed by atoms with van der Waals surface area (Å²) in [5.74, 6) is -0.297. The van der Waals surface area contributed by atoms with E-state index in [1.807, 2.05) is 75.4 Å². The van der Waals surface area contributed by atoms with Gasteiger partial charge in [-0.15, -0.1) is 0 Å². The first kappa shape index (κ1) is 22.1. The minimum absolute atomic E-state index is 0.117. The molecule has 0 radical (unpaired) electrons. The normalized spacial score (nSPS) is 16.6. The fourth-order valence-electron chi connectivity index (χ4n) is 3.67. The van der Waals surface area contributed by atoms with Crippen molar-refractivity contribution >= 4 is 35.1 Å². The van der Waals surface area contributed by atoms with Crippen molar-refractivity contribution in [3.63, 3.8) is 0 Å². The molecule has 0 aliphatic carbocycles. The second-order valence-corrected chi connectivity index (χ2v) is 9.12. The molecule has 0 saturated heterocycles. The minimum Gasteiger partial charge on any atom is -0.349 e. The van der Waals surface area contributed by atoms with Gasteiger partial charge < -0.3 is 10.2 Å². The summed E-state index contributed by atoms with van der Waals surface area (Å²) in [6, 6.07) is 14.2. The highest BCUT2D eigenvalue weighted by molar-refractivity contribution is 6.30. The molecule has 1 aliphatic rings. The van der Waals surface area contributed by atoms with Gasteiger partial charge in [0.05, 0.1) is 0 Å². The maximum Gasteiger partial charge on any atom is 0.255 e. The summed E-state index contributed by atoms with van der Waals surface area (Å²) in [6.45, 7) is 8.42. The quantitative estimate of drug-likeness (QED) is 0.696. The summed E-state index contributed by atoms with van der Waals surface area (Å²) in [5, 5.41) is 3.71. The van der Waals surface area contributed by atoms with Gasteiger partial charge in [0.2, 0.25) is 5.91 Å². The van der Waals surface area contributed by atoms with E-state index in [-0.39, 0.29) is 11.8 Å². The first-order valence-electron chi connectivity index (χ1n) is 10.4. The van der Waals surface area contributed by atoms with Crippen LogP contribution in [0.5, 0.6) is 0 Å². The molecule has 3 rings (SSSR count). The van der Waals surface area contributed by atoms with Crippen LogP contribution in [-0.4, -0.2) is 34.8 Å². The van der Waals surface area contributed by atoms with E-state index in [2.05, 4.69) is 12.2 Å². The number of unbranched alkanes of at least 4 members (excludes halogenated alkanes) is 1. The van der Waals surface area contributed by atoms with Gasteiger partial charge in [0.15, 0.2) is 0 Å². The second-order valence-electron chi connectivity index (χ2n) is 8.69. The van der Waals surface area contributed by atoms with Crippen LogP contribution in [0.3, 0.4) is 0 Å². The average molecular weight is 425 g/mol. The largest absolute Gasteiger partial charge is 0.349 e. The van der Waals surface area contributed by atoms with Crippen LogP contribution in [-0.2, 0) is 4.79 Å². The lowest BCUT2D eigenvalue weighted by Gasteiger charge is -2.34. The van der Waals surface area contributed by atoms with Crippen molar-refractivity contribution in [1.82, 2.24) is 10.2 Å². The molecule has 1 N–H and O–H groups in total. The molecule has 1 unspecified atom stereocenters. The summed E-state index contributed by atoms with van der Waals surface area (Å²) < 4.78 is 0. The number of fused-ring (bicyclic) bond motifs is 1. The molecule has 1 heterocycles. The van der Waals surface area contributed by atoms with Crippen molar-refractivity contribution < 1.29 is 9.59 Å². The van der Waals surface area contributed by atoms with Crippen molar-refractivity contribution in [3.05, 3.63) is 70.2 Å². The third kappa shape index (κ3) is 4.93. The van der Waals surface area contributed by atoms with Gasteiger partial charge in [-0.2, -0.15) is 0 Å². The standard InChI is InChI=1S/C25H29ClN2O2/c1-5-6-15-28-22(23(29)27-25(2,3)4)21(17-11-13-19(26)14-12-17)16-18-9-7-8-10-20(18)24(28)30/h7-14,16,22H,5-6,15H2,1-4H3,(H,27,29). The Morgan fingerprint density at radius 3 is 2.40 bits per heavy atom. The van der Waals surface area contributed by atoms with Crippen molar-refractivity contribution in [2.24, 2.45) is 0 Å². The predicted octanol–water partition coefficient (Wildman–Crippen LogP) is 5.42. The molecule has 4 nitrogen and oxygen atoms in total. The summed E-state index contributed by atoms with van der Waals surface area (Å²) in [6.07, 6.45) is 3.72. The molecule has 1 atom stereocenters. The highest BCUT2D eigenvalue weighted by atomic mass is 35.5. The van der Waals surface area contributed by atoms with E-state index < -0.39 is 11.6 Å². The average Bonchev–Trinajstić information content (AvgIpc) is 2.80. The molecule has 0 aromatic heterocycles. The molecular formula is C25H29ClN2O2. The Morgan fingerprint density at radius 2 is 1.77 bits per heavy atom. The fourth-order valence-corrected chi connectivity index (χ4v) is 3.79. The Balaban J connectivity index is 2.20. The lowest BCUT2D eigenvalue weighted by Crippen LogP contribution is -2.54. The van der Waals surface area contributed by atoms with Crippen LogP contribution in [0.15, 0.2) is 48.5 Å². The summed E-state index contributed by atoms with van der Waals surface area (Å²) in [4.78, 5) is 28.8. The zero-order chi connectivity index (χ0) is 21.9. The van der Waals surface area contributed by atoms with Crippen LogP contribution in [0.1, 0.15) is 62.0 Å². The Bertz CT molecular complexity index is 958. The first-order chi connectivity index (χ1) is 14.2. The van der Waals surface area contributed by atoms with Crippen LogP contribution in [0.4, 0.5) is 0 Å². The molecule has 30 heavy (non-hydrogen) atoms. The molecule has 2 aromatic rings. The van der Waals surface area contributed by atoms with E-state index in [1.165, 1.54) is 0 Å². The van der Waals surface area contributed by atoms with Crippen LogP contribution >= 0.6 is 11.6 Å². The highest BCUT2D eigenvalue weighted by Crippen LogP contribution is 2.33. The van der Waals surface area contributed by atoms with E-state index in [9.17, 15) is 9.59 Å². The minimum atomic E-state index is -0.725. The van der Waals surface area contributed by atoms with Gasteiger partial charge in [-0.1, -0.05) is 55.3 Å². The van der Waals surface area contributed by atoms with E-state index in [0.717, 1.165) is 29.5 Å². The summed E-state index contributed by atoms with van der Waals surface area (Å²) in [5.41, 5.74) is 2.69. The molecular weight excluding hydrogens is 396 g/mol. The topological polar surface area (TPSA) is 49.4 Å². The number of carbonyl (C=O) groups is 2. The van der Waals surface area contributed by atoms with Crippen LogP contribution in [0.25, 0.3) is 11.6 Å². The number of rotatable bonds is 5. The molecule has 0 bridgehead atoms. The van der Waals surface area contributed by atoms with Gasteiger partial charge in [-0.25, -0.2) is 0 Å². The number of nitrogens with one attached hydrogen (secondary N) is 1. The lowest BCUT2D eigenvalue weighted by molar-refractivity contribution is -0.125. The SMILES string of the molecule is CCCCN1C(=O)c2ccccc2C=C(c2ccc(Cl)cc2)C1C(=O)NC(C)(C)C. The summed E-state index contributed by atoms with van der Waals surface area (Å²) in [7, 11) is 0. The number of carbonyl (C=O) groups excluding carboxylic acids is 2. The molecule has 0 spiro atoms.